The molecule has 2 rings (SSSR count). The minimum Gasteiger partial charge on any atom is -0.390 e. The highest BCUT2D eigenvalue weighted by atomic mass is 16.7. The van der Waals surface area contributed by atoms with E-state index in [0.717, 1.165) is 0 Å². The highest BCUT2D eigenvalue weighted by Crippen LogP contribution is 2.29. The Balaban J connectivity index is 1.95. The molecule has 2 aliphatic rings. The Kier molecular flexibility index (Phi) is 2.32. The molecule has 4 nitrogen and oxygen atoms in total. The molecule has 0 aromatic carbocycles. The number of aliphatic hydroxyl groups excluding tert-OH is 1. The molecule has 2 unspecified atom stereocenters. The smallest absolute Gasteiger partial charge is 0.163 e. The van der Waals surface area contributed by atoms with E-state index in [9.17, 15) is 5.11 Å². The molecule has 0 aliphatic carbocycles. The molecule has 3 atom stereocenters. The van der Waals surface area contributed by atoms with Gasteiger partial charge in [0.15, 0.2) is 5.79 Å². The summed E-state index contributed by atoms with van der Waals surface area (Å²) in [6.07, 6.45) is -0.0258. The summed E-state index contributed by atoms with van der Waals surface area (Å²) >= 11 is 0. The number of hydrogen-bond donors (Lipinski definition) is 1. The van der Waals surface area contributed by atoms with Crippen molar-refractivity contribution in [1.29, 1.82) is 0 Å². The van der Waals surface area contributed by atoms with Gasteiger partial charge in [0, 0.05) is 6.61 Å². The molecule has 13 heavy (non-hydrogen) atoms. The molecule has 4 heteroatoms. The van der Waals surface area contributed by atoms with Crippen LogP contribution in [0.2, 0.25) is 0 Å². The molecule has 0 spiro atoms. The fourth-order valence-corrected chi connectivity index (χ4v) is 1.83. The van der Waals surface area contributed by atoms with Crippen LogP contribution < -0.4 is 0 Å². The highest BCUT2D eigenvalue weighted by Gasteiger charge is 2.42. The maximum absolute atomic E-state index is 9.56. The number of hydrogen-bond acceptors (Lipinski definition) is 4. The normalized spacial score (nSPS) is 44.1. The highest BCUT2D eigenvalue weighted by molar-refractivity contribution is 4.86. The molecular weight excluding hydrogens is 172 g/mol. The molecule has 0 aromatic heterocycles. The topological polar surface area (TPSA) is 47.9 Å². The molecule has 2 fully saturated rings. The first kappa shape index (κ1) is 9.40. The van der Waals surface area contributed by atoms with Gasteiger partial charge in [-0.15, -0.1) is 0 Å². The van der Waals surface area contributed by atoms with Gasteiger partial charge in [-0.05, 0) is 20.3 Å². The van der Waals surface area contributed by atoms with Gasteiger partial charge < -0.3 is 19.3 Å². The third-order valence-corrected chi connectivity index (χ3v) is 2.50. The van der Waals surface area contributed by atoms with E-state index in [2.05, 4.69) is 0 Å². The zero-order chi connectivity index (χ0) is 9.47. The van der Waals surface area contributed by atoms with Gasteiger partial charge in [0.25, 0.3) is 0 Å². The first-order chi connectivity index (χ1) is 6.08. The lowest BCUT2D eigenvalue weighted by atomic mass is 10.1. The average molecular weight is 188 g/mol. The van der Waals surface area contributed by atoms with Crippen LogP contribution in [0, 0.1) is 0 Å². The standard InChI is InChI=1S/C9H16O4/c1-9(2)12-5-7(13-9)8-6(10)3-4-11-8/h6-8,10H,3-5H2,1-2H3/t6-,7?,8?/m1/s1. The lowest BCUT2D eigenvalue weighted by Crippen LogP contribution is -2.37. The van der Waals surface area contributed by atoms with Crippen molar-refractivity contribution >= 4 is 0 Å². The van der Waals surface area contributed by atoms with Gasteiger partial charge in [0.2, 0.25) is 0 Å². The maximum atomic E-state index is 9.56. The van der Waals surface area contributed by atoms with Gasteiger partial charge in [0.1, 0.15) is 12.2 Å². The summed E-state index contributed by atoms with van der Waals surface area (Å²) in [6, 6.07) is 0. The van der Waals surface area contributed by atoms with Crippen LogP contribution in [0.15, 0.2) is 0 Å². The maximum Gasteiger partial charge on any atom is 0.163 e. The summed E-state index contributed by atoms with van der Waals surface area (Å²) in [5.41, 5.74) is 0. The van der Waals surface area contributed by atoms with E-state index in [-0.39, 0.29) is 12.2 Å². The Hall–Kier alpha value is -0.160. The first-order valence-electron chi connectivity index (χ1n) is 4.70. The lowest BCUT2D eigenvalue weighted by molar-refractivity contribution is -0.157. The van der Waals surface area contributed by atoms with E-state index in [1.165, 1.54) is 0 Å². The first-order valence-corrected chi connectivity index (χ1v) is 4.70. The second kappa shape index (κ2) is 3.20. The fraction of sp³-hybridized carbons (Fsp3) is 1.00. The van der Waals surface area contributed by atoms with Crippen LogP contribution >= 0.6 is 0 Å². The largest absolute Gasteiger partial charge is 0.390 e. The van der Waals surface area contributed by atoms with Gasteiger partial charge in [-0.25, -0.2) is 0 Å². The Bertz CT molecular complexity index is 192. The second-order valence-corrected chi connectivity index (χ2v) is 4.06. The van der Waals surface area contributed by atoms with Crippen LogP contribution in [-0.4, -0.2) is 42.4 Å². The van der Waals surface area contributed by atoms with Gasteiger partial charge in [-0.3, -0.25) is 0 Å². The van der Waals surface area contributed by atoms with Crippen LogP contribution in [0.1, 0.15) is 20.3 Å². The minimum atomic E-state index is -0.531. The number of aliphatic hydroxyl groups is 1. The molecule has 0 bridgehead atoms. The van der Waals surface area contributed by atoms with Crippen LogP contribution in [-0.2, 0) is 14.2 Å². The SMILES string of the molecule is CC1(C)OCC(C2OCC[C@H]2O)O1. The summed E-state index contributed by atoms with van der Waals surface area (Å²) in [4.78, 5) is 0. The fourth-order valence-electron chi connectivity index (χ4n) is 1.83. The Morgan fingerprint density at radius 2 is 2.15 bits per heavy atom. The van der Waals surface area contributed by atoms with E-state index in [1.807, 2.05) is 13.8 Å². The summed E-state index contributed by atoms with van der Waals surface area (Å²) in [7, 11) is 0. The Labute approximate surface area is 77.8 Å². The summed E-state index contributed by atoms with van der Waals surface area (Å²) < 4.78 is 16.4. The molecule has 0 aromatic rings. The predicted octanol–water partition coefficient (Wildman–Crippen LogP) is 0.288. The van der Waals surface area contributed by atoms with Crippen molar-refractivity contribution in [3.63, 3.8) is 0 Å². The molecule has 76 valence electrons. The monoisotopic (exact) mass is 188 g/mol. The van der Waals surface area contributed by atoms with Crippen LogP contribution in [0.3, 0.4) is 0 Å². The van der Waals surface area contributed by atoms with Crippen molar-refractivity contribution in [2.45, 2.75) is 44.4 Å². The van der Waals surface area contributed by atoms with Crippen molar-refractivity contribution in [1.82, 2.24) is 0 Å². The Morgan fingerprint density at radius 3 is 2.62 bits per heavy atom. The molecular formula is C9H16O4. The summed E-state index contributed by atoms with van der Waals surface area (Å²) in [5.74, 6) is -0.531. The second-order valence-electron chi connectivity index (χ2n) is 4.06. The molecule has 1 N–H and O–H groups in total. The third kappa shape index (κ3) is 1.86. The molecule has 0 amide bonds. The van der Waals surface area contributed by atoms with Crippen molar-refractivity contribution in [2.75, 3.05) is 13.2 Å². The Morgan fingerprint density at radius 1 is 1.38 bits per heavy atom. The zero-order valence-corrected chi connectivity index (χ0v) is 8.03. The summed E-state index contributed by atoms with van der Waals surface area (Å²) in [6.45, 7) is 4.86. The lowest BCUT2D eigenvalue weighted by Gasteiger charge is -2.22. The van der Waals surface area contributed by atoms with Gasteiger partial charge in [-0.1, -0.05) is 0 Å². The predicted molar refractivity (Wildman–Crippen MR) is 45.3 cm³/mol. The summed E-state index contributed by atoms with van der Waals surface area (Å²) in [5, 5.41) is 9.56. The minimum absolute atomic E-state index is 0.118. The number of rotatable bonds is 1. The van der Waals surface area contributed by atoms with Crippen molar-refractivity contribution in [3.8, 4) is 0 Å². The molecule has 0 saturated carbocycles. The van der Waals surface area contributed by atoms with Crippen LogP contribution in [0.25, 0.3) is 0 Å². The third-order valence-electron chi connectivity index (χ3n) is 2.50. The van der Waals surface area contributed by atoms with E-state index in [1.54, 1.807) is 0 Å². The van der Waals surface area contributed by atoms with Crippen LogP contribution in [0.5, 0.6) is 0 Å². The molecule has 0 radical (unpaired) electrons. The van der Waals surface area contributed by atoms with Crippen molar-refractivity contribution < 1.29 is 19.3 Å². The van der Waals surface area contributed by atoms with E-state index >= 15 is 0 Å². The molecule has 2 saturated heterocycles. The van der Waals surface area contributed by atoms with E-state index in [4.69, 9.17) is 14.2 Å². The number of ether oxygens (including phenoxy) is 3. The van der Waals surface area contributed by atoms with E-state index < -0.39 is 11.9 Å². The van der Waals surface area contributed by atoms with Crippen LogP contribution in [0.4, 0.5) is 0 Å². The van der Waals surface area contributed by atoms with Gasteiger partial charge in [0.05, 0.1) is 12.7 Å². The average Bonchev–Trinajstić information content (AvgIpc) is 2.56. The molecule has 2 heterocycles. The van der Waals surface area contributed by atoms with Gasteiger partial charge >= 0.3 is 0 Å². The van der Waals surface area contributed by atoms with E-state index in [0.29, 0.717) is 19.6 Å². The molecule has 2 aliphatic heterocycles. The quantitative estimate of drug-likeness (QED) is 0.642. The zero-order valence-electron chi connectivity index (χ0n) is 8.03. The van der Waals surface area contributed by atoms with Crippen molar-refractivity contribution in [2.24, 2.45) is 0 Å². The van der Waals surface area contributed by atoms with Gasteiger partial charge in [-0.2, -0.15) is 0 Å². The van der Waals surface area contributed by atoms with Crippen molar-refractivity contribution in [3.05, 3.63) is 0 Å².